The molecule has 0 spiro atoms. The first-order valence-corrected chi connectivity index (χ1v) is 2.67. The van der Waals surface area contributed by atoms with Crippen LogP contribution in [0.2, 0.25) is 0 Å². The first kappa shape index (κ1) is 6.31. The van der Waals surface area contributed by atoms with Gasteiger partial charge in [-0.1, -0.05) is 0 Å². The minimum absolute atomic E-state index is 0.213. The number of rotatable bonds is 0. The van der Waals surface area contributed by atoms with E-state index in [1.807, 2.05) is 12.1 Å². The molecule has 1 N–H and O–H groups in total. The van der Waals surface area contributed by atoms with Crippen LogP contribution < -0.4 is 5.32 Å². The fourth-order valence-electron chi connectivity index (χ4n) is 0.602. The van der Waals surface area contributed by atoms with E-state index in [1.165, 1.54) is 12.4 Å². The predicted octanol–water partition coefficient (Wildman–Crippen LogP) is -0.0824. The van der Waals surface area contributed by atoms with Crippen LogP contribution in [0.25, 0.3) is 0 Å². The molecule has 4 heteroatoms. The van der Waals surface area contributed by atoms with Gasteiger partial charge in [-0.15, -0.1) is 0 Å². The van der Waals surface area contributed by atoms with Gasteiger partial charge in [0.15, 0.2) is 11.8 Å². The molecule has 48 valence electrons. The molecular formula is C6H4N4. The van der Waals surface area contributed by atoms with Crippen molar-refractivity contribution in [2.45, 2.75) is 6.04 Å². The van der Waals surface area contributed by atoms with E-state index in [0.29, 0.717) is 0 Å². The second-order valence-electron chi connectivity index (χ2n) is 1.67. The van der Waals surface area contributed by atoms with Crippen molar-refractivity contribution < 1.29 is 0 Å². The molecule has 0 saturated carbocycles. The Kier molecular flexibility index (Phi) is 1.67. The molecule has 1 aliphatic heterocycles. The monoisotopic (exact) mass is 132 g/mol. The lowest BCUT2D eigenvalue weighted by molar-refractivity contribution is 0.871. The summed E-state index contributed by atoms with van der Waals surface area (Å²) >= 11 is 0. The zero-order valence-electron chi connectivity index (χ0n) is 5.07. The summed E-state index contributed by atoms with van der Waals surface area (Å²) in [5, 5.41) is 19.5. The lowest BCUT2D eigenvalue weighted by Gasteiger charge is -2.08. The first-order valence-electron chi connectivity index (χ1n) is 2.67. The van der Waals surface area contributed by atoms with Crippen LogP contribution in [0.5, 0.6) is 0 Å². The normalized spacial score (nSPS) is 21.8. The number of hydrogen-bond donors (Lipinski definition) is 1. The van der Waals surface area contributed by atoms with Crippen molar-refractivity contribution in [3.63, 3.8) is 0 Å². The van der Waals surface area contributed by atoms with Crippen molar-refractivity contribution in [2.75, 3.05) is 0 Å². The maximum Gasteiger partial charge on any atom is 0.167 e. The van der Waals surface area contributed by atoms with E-state index in [-0.39, 0.29) is 5.71 Å². The molecule has 0 fully saturated rings. The molecule has 0 saturated heterocycles. The van der Waals surface area contributed by atoms with Crippen molar-refractivity contribution in [1.82, 2.24) is 5.32 Å². The van der Waals surface area contributed by atoms with Gasteiger partial charge < -0.3 is 5.32 Å². The fourth-order valence-corrected chi connectivity index (χ4v) is 0.602. The van der Waals surface area contributed by atoms with E-state index in [0.717, 1.165) is 0 Å². The van der Waals surface area contributed by atoms with Gasteiger partial charge >= 0.3 is 0 Å². The minimum atomic E-state index is -0.574. The van der Waals surface area contributed by atoms with Gasteiger partial charge in [-0.05, 0) is 0 Å². The van der Waals surface area contributed by atoms with Crippen LogP contribution in [-0.2, 0) is 0 Å². The highest BCUT2D eigenvalue weighted by Crippen LogP contribution is 1.93. The molecule has 1 heterocycles. The van der Waals surface area contributed by atoms with E-state index in [9.17, 15) is 0 Å². The third-order valence-corrected chi connectivity index (χ3v) is 1.07. The Hall–Kier alpha value is -1.81. The van der Waals surface area contributed by atoms with Gasteiger partial charge in [-0.2, -0.15) is 10.5 Å². The summed E-state index contributed by atoms with van der Waals surface area (Å²) in [7, 11) is 0. The van der Waals surface area contributed by atoms with Crippen LogP contribution >= 0.6 is 0 Å². The fraction of sp³-hybridized carbons (Fsp3) is 0.167. The SMILES string of the molecule is N#CC1=NC=CNC1C#N. The van der Waals surface area contributed by atoms with Gasteiger partial charge in [0.2, 0.25) is 0 Å². The van der Waals surface area contributed by atoms with Gasteiger partial charge in [0.1, 0.15) is 6.07 Å². The number of nitrogens with zero attached hydrogens (tertiary/aromatic N) is 3. The van der Waals surface area contributed by atoms with Crippen molar-refractivity contribution in [2.24, 2.45) is 4.99 Å². The third-order valence-electron chi connectivity index (χ3n) is 1.07. The molecule has 0 aliphatic carbocycles. The summed E-state index contributed by atoms with van der Waals surface area (Å²) in [6, 6.07) is 3.13. The lowest BCUT2D eigenvalue weighted by Crippen LogP contribution is -2.32. The number of aliphatic imine (C=N–C) groups is 1. The van der Waals surface area contributed by atoms with Gasteiger partial charge in [0, 0.05) is 12.4 Å². The Morgan fingerprint density at radius 3 is 2.90 bits per heavy atom. The summed E-state index contributed by atoms with van der Waals surface area (Å²) in [5.41, 5.74) is 0.213. The second kappa shape index (κ2) is 2.65. The maximum absolute atomic E-state index is 8.41. The highest BCUT2D eigenvalue weighted by molar-refractivity contribution is 6.05. The van der Waals surface area contributed by atoms with Crippen LogP contribution in [0.1, 0.15) is 0 Å². The van der Waals surface area contributed by atoms with Crippen LogP contribution in [0, 0.1) is 22.7 Å². The summed E-state index contributed by atoms with van der Waals surface area (Å²) in [5.74, 6) is 0. The quantitative estimate of drug-likeness (QED) is 0.501. The summed E-state index contributed by atoms with van der Waals surface area (Å²) in [6.45, 7) is 0. The van der Waals surface area contributed by atoms with Gasteiger partial charge in [0.25, 0.3) is 0 Å². The predicted molar refractivity (Wildman–Crippen MR) is 34.7 cm³/mol. The summed E-state index contributed by atoms with van der Waals surface area (Å²) in [6.07, 6.45) is 2.99. The second-order valence-corrected chi connectivity index (χ2v) is 1.67. The van der Waals surface area contributed by atoms with Crippen LogP contribution in [-0.4, -0.2) is 11.8 Å². The zero-order chi connectivity index (χ0) is 7.40. The number of nitriles is 2. The van der Waals surface area contributed by atoms with Crippen LogP contribution in [0.3, 0.4) is 0 Å². The van der Waals surface area contributed by atoms with E-state index < -0.39 is 6.04 Å². The topological polar surface area (TPSA) is 72.0 Å². The molecule has 1 unspecified atom stereocenters. The number of hydrogen-bond acceptors (Lipinski definition) is 4. The van der Waals surface area contributed by atoms with Gasteiger partial charge in [0.05, 0.1) is 6.07 Å². The Labute approximate surface area is 58.1 Å². The molecule has 0 amide bonds. The summed E-state index contributed by atoms with van der Waals surface area (Å²) in [4.78, 5) is 3.69. The van der Waals surface area contributed by atoms with E-state index in [4.69, 9.17) is 10.5 Å². The molecular weight excluding hydrogens is 128 g/mol. The Balaban J connectivity index is 2.86. The first-order chi connectivity index (χ1) is 4.88. The number of nitrogens with one attached hydrogen (secondary N) is 1. The van der Waals surface area contributed by atoms with Crippen molar-refractivity contribution in [3.8, 4) is 12.1 Å². The Morgan fingerprint density at radius 1 is 1.60 bits per heavy atom. The highest BCUT2D eigenvalue weighted by atomic mass is 15.0. The molecule has 0 aromatic carbocycles. The van der Waals surface area contributed by atoms with Crippen LogP contribution in [0.4, 0.5) is 0 Å². The van der Waals surface area contributed by atoms with Gasteiger partial charge in [-0.3, -0.25) is 0 Å². The van der Waals surface area contributed by atoms with E-state index in [1.54, 1.807) is 0 Å². The molecule has 4 nitrogen and oxygen atoms in total. The maximum atomic E-state index is 8.41. The average molecular weight is 132 g/mol. The smallest absolute Gasteiger partial charge is 0.167 e. The van der Waals surface area contributed by atoms with Crippen LogP contribution in [0.15, 0.2) is 17.4 Å². The average Bonchev–Trinajstić information content (AvgIpc) is 2.04. The molecule has 0 aromatic heterocycles. The van der Waals surface area contributed by atoms with Crippen molar-refractivity contribution in [1.29, 1.82) is 10.5 Å². The molecule has 0 radical (unpaired) electrons. The van der Waals surface area contributed by atoms with Gasteiger partial charge in [-0.25, -0.2) is 4.99 Å². The Morgan fingerprint density at radius 2 is 2.40 bits per heavy atom. The highest BCUT2D eigenvalue weighted by Gasteiger charge is 2.13. The standard InChI is InChI=1S/C6H4N4/c7-3-5-6(4-8)10-2-1-9-5/h1-2,5,9H. The van der Waals surface area contributed by atoms with E-state index in [2.05, 4.69) is 10.3 Å². The zero-order valence-corrected chi connectivity index (χ0v) is 5.07. The molecule has 1 atom stereocenters. The van der Waals surface area contributed by atoms with Crippen molar-refractivity contribution in [3.05, 3.63) is 12.4 Å². The third kappa shape index (κ3) is 0.958. The van der Waals surface area contributed by atoms with Crippen molar-refractivity contribution >= 4 is 5.71 Å². The Bertz CT molecular complexity index is 262. The molecule has 1 rings (SSSR count). The molecule has 1 aliphatic rings. The largest absolute Gasteiger partial charge is 0.369 e. The van der Waals surface area contributed by atoms with E-state index >= 15 is 0 Å². The molecule has 10 heavy (non-hydrogen) atoms. The lowest BCUT2D eigenvalue weighted by atomic mass is 10.2. The summed E-state index contributed by atoms with van der Waals surface area (Å²) < 4.78 is 0. The molecule has 0 bridgehead atoms. The molecule has 0 aromatic rings. The minimum Gasteiger partial charge on any atom is -0.369 e.